The van der Waals surface area contributed by atoms with E-state index in [1.54, 1.807) is 7.11 Å². The Labute approximate surface area is 171 Å². The molecule has 7 heteroatoms. The van der Waals surface area contributed by atoms with E-state index in [2.05, 4.69) is 39.7 Å². The summed E-state index contributed by atoms with van der Waals surface area (Å²) in [4.78, 5) is 19.7. The van der Waals surface area contributed by atoms with Crippen molar-refractivity contribution >= 4 is 16.8 Å². The van der Waals surface area contributed by atoms with Gasteiger partial charge in [0.15, 0.2) is 5.82 Å². The molecule has 0 aliphatic carbocycles. The third kappa shape index (κ3) is 3.67. The third-order valence-corrected chi connectivity index (χ3v) is 6.09. The molecule has 1 N–H and O–H groups in total. The zero-order valence-corrected chi connectivity index (χ0v) is 17.7. The van der Waals surface area contributed by atoms with Crippen LogP contribution in [0.5, 0.6) is 0 Å². The Hall–Kier alpha value is -2.67. The van der Waals surface area contributed by atoms with Crippen LogP contribution in [0.25, 0.3) is 10.9 Å². The van der Waals surface area contributed by atoms with E-state index in [-0.39, 0.29) is 11.8 Å². The minimum atomic E-state index is 0.0885. The van der Waals surface area contributed by atoms with Gasteiger partial charge in [-0.15, -0.1) is 0 Å². The van der Waals surface area contributed by atoms with Crippen LogP contribution < -0.4 is 0 Å². The molecule has 1 amide bonds. The number of methoxy groups -OCH3 is 1. The summed E-state index contributed by atoms with van der Waals surface area (Å²) in [5.74, 6) is 1.92. The van der Waals surface area contributed by atoms with Gasteiger partial charge in [-0.1, -0.05) is 0 Å². The number of aromatic nitrogens is 4. The van der Waals surface area contributed by atoms with Crippen molar-refractivity contribution in [1.82, 2.24) is 24.6 Å². The largest absolute Gasteiger partial charge is 0.383 e. The van der Waals surface area contributed by atoms with E-state index in [1.165, 1.54) is 11.3 Å². The molecule has 7 nitrogen and oxygen atoms in total. The van der Waals surface area contributed by atoms with Crippen molar-refractivity contribution in [3.05, 3.63) is 46.7 Å². The lowest BCUT2D eigenvalue weighted by Crippen LogP contribution is -2.39. The summed E-state index contributed by atoms with van der Waals surface area (Å²) in [6, 6.07) is 6.07. The lowest BCUT2D eigenvalue weighted by Gasteiger charge is -2.31. The van der Waals surface area contributed by atoms with Gasteiger partial charge in [-0.05, 0) is 57.4 Å². The second-order valence-electron chi connectivity index (χ2n) is 7.96. The first-order chi connectivity index (χ1) is 14.0. The maximum absolute atomic E-state index is 13.3. The Bertz CT molecular complexity index is 1040. The van der Waals surface area contributed by atoms with Gasteiger partial charge in [0.25, 0.3) is 5.91 Å². The lowest BCUT2D eigenvalue weighted by atomic mass is 9.96. The minimum Gasteiger partial charge on any atom is -0.383 e. The van der Waals surface area contributed by atoms with Crippen LogP contribution in [-0.2, 0) is 11.3 Å². The average molecular weight is 396 g/mol. The monoisotopic (exact) mass is 395 g/mol. The number of ether oxygens (including phenoxy) is 1. The van der Waals surface area contributed by atoms with Crippen LogP contribution in [0.15, 0.2) is 18.2 Å². The van der Waals surface area contributed by atoms with Crippen molar-refractivity contribution in [3.8, 4) is 0 Å². The topological polar surface area (TPSA) is 76.0 Å². The molecule has 1 unspecified atom stereocenters. The number of aromatic amines is 1. The predicted molar refractivity (Wildman–Crippen MR) is 112 cm³/mol. The molecule has 4 rings (SSSR count). The van der Waals surface area contributed by atoms with Crippen molar-refractivity contribution < 1.29 is 9.53 Å². The van der Waals surface area contributed by atoms with E-state index in [1.807, 2.05) is 24.0 Å². The number of piperidine rings is 1. The van der Waals surface area contributed by atoms with Crippen molar-refractivity contribution in [2.24, 2.45) is 0 Å². The van der Waals surface area contributed by atoms with Crippen molar-refractivity contribution in [1.29, 1.82) is 0 Å². The number of amides is 1. The van der Waals surface area contributed by atoms with E-state index in [0.29, 0.717) is 13.2 Å². The normalized spacial score (nSPS) is 17.2. The van der Waals surface area contributed by atoms with Gasteiger partial charge in [-0.2, -0.15) is 5.10 Å². The maximum Gasteiger partial charge on any atom is 0.253 e. The Balaban J connectivity index is 1.59. The molecule has 3 aromatic rings. The van der Waals surface area contributed by atoms with Crippen LogP contribution in [0.3, 0.4) is 0 Å². The molecule has 29 heavy (non-hydrogen) atoms. The highest BCUT2D eigenvalue weighted by Gasteiger charge is 2.28. The fourth-order valence-electron chi connectivity index (χ4n) is 4.35. The molecular weight excluding hydrogens is 366 g/mol. The summed E-state index contributed by atoms with van der Waals surface area (Å²) in [6.45, 7) is 9.08. The number of nitrogens with one attached hydrogen (secondary N) is 1. The molecule has 1 aliphatic heterocycles. The van der Waals surface area contributed by atoms with Crippen LogP contribution in [0.4, 0.5) is 0 Å². The van der Waals surface area contributed by atoms with Crippen LogP contribution >= 0.6 is 0 Å². The number of H-pyrrole nitrogens is 1. The quantitative estimate of drug-likeness (QED) is 0.719. The molecule has 154 valence electrons. The maximum atomic E-state index is 13.3. The van der Waals surface area contributed by atoms with Gasteiger partial charge in [0.05, 0.1) is 6.61 Å². The van der Waals surface area contributed by atoms with Crippen LogP contribution in [-0.4, -0.2) is 57.4 Å². The van der Waals surface area contributed by atoms with Gasteiger partial charge in [0.1, 0.15) is 5.82 Å². The Morgan fingerprint density at radius 2 is 2.14 bits per heavy atom. The summed E-state index contributed by atoms with van der Waals surface area (Å²) < 4.78 is 7.52. The van der Waals surface area contributed by atoms with E-state index in [9.17, 15) is 4.79 Å². The average Bonchev–Trinajstić information content (AvgIpc) is 3.28. The third-order valence-electron chi connectivity index (χ3n) is 6.09. The highest BCUT2D eigenvalue weighted by molar-refractivity contribution is 5.99. The van der Waals surface area contributed by atoms with Gasteiger partial charge in [0.2, 0.25) is 0 Å². The van der Waals surface area contributed by atoms with Crippen molar-refractivity contribution in [2.45, 2.75) is 46.1 Å². The first kappa shape index (κ1) is 19.6. The Morgan fingerprint density at radius 1 is 1.31 bits per heavy atom. The van der Waals surface area contributed by atoms with Gasteiger partial charge in [-0.25, -0.2) is 4.98 Å². The predicted octanol–water partition coefficient (Wildman–Crippen LogP) is 3.35. The molecule has 0 spiro atoms. The molecule has 3 heterocycles. The summed E-state index contributed by atoms with van der Waals surface area (Å²) in [6.07, 6.45) is 1.98. The van der Waals surface area contributed by atoms with E-state index in [0.717, 1.165) is 54.0 Å². The molecule has 0 radical (unpaired) electrons. The number of fused-ring (bicyclic) bond motifs is 1. The van der Waals surface area contributed by atoms with Gasteiger partial charge >= 0.3 is 0 Å². The second-order valence-corrected chi connectivity index (χ2v) is 7.96. The molecule has 1 fully saturated rings. The summed E-state index contributed by atoms with van der Waals surface area (Å²) in [7, 11) is 1.72. The lowest BCUT2D eigenvalue weighted by molar-refractivity contribution is 0.0705. The van der Waals surface area contributed by atoms with Crippen LogP contribution in [0.2, 0.25) is 0 Å². The number of nitrogens with zero attached hydrogens (tertiary/aromatic N) is 4. The first-order valence-electron chi connectivity index (χ1n) is 10.3. The van der Waals surface area contributed by atoms with Gasteiger partial charge in [0, 0.05) is 54.8 Å². The molecule has 1 aliphatic rings. The molecular formula is C22H29N5O2. The number of aryl methyl sites for hydroxylation is 2. The standard InChI is InChI=1S/C22H29N5O2/c1-14-15(2)27(10-11-29-4)20-8-7-17(12-19(14)20)22(28)26-9-5-6-18(13-26)21-23-16(3)24-25-21/h7-8,12,18H,5-6,9-11,13H2,1-4H3,(H,23,24,25). The number of hydrogen-bond donors (Lipinski definition) is 1. The van der Waals surface area contributed by atoms with Crippen molar-refractivity contribution in [3.63, 3.8) is 0 Å². The van der Waals surface area contributed by atoms with E-state index < -0.39 is 0 Å². The highest BCUT2D eigenvalue weighted by atomic mass is 16.5. The van der Waals surface area contributed by atoms with E-state index in [4.69, 9.17) is 4.74 Å². The molecule has 2 aromatic heterocycles. The number of carbonyl (C=O) groups excluding carboxylic acids is 1. The molecule has 1 atom stereocenters. The zero-order valence-electron chi connectivity index (χ0n) is 17.7. The number of hydrogen-bond acceptors (Lipinski definition) is 4. The summed E-state index contributed by atoms with van der Waals surface area (Å²) >= 11 is 0. The molecule has 1 aromatic carbocycles. The fraction of sp³-hybridized carbons (Fsp3) is 0.500. The molecule has 0 saturated carbocycles. The van der Waals surface area contributed by atoms with Crippen LogP contribution in [0, 0.1) is 20.8 Å². The smallest absolute Gasteiger partial charge is 0.253 e. The molecule has 1 saturated heterocycles. The number of carbonyl (C=O) groups is 1. The zero-order chi connectivity index (χ0) is 20.5. The first-order valence-corrected chi connectivity index (χ1v) is 10.3. The van der Waals surface area contributed by atoms with Gasteiger partial charge < -0.3 is 14.2 Å². The summed E-state index contributed by atoms with van der Waals surface area (Å²) in [5, 5.41) is 8.36. The highest BCUT2D eigenvalue weighted by Crippen LogP contribution is 2.29. The minimum absolute atomic E-state index is 0.0885. The van der Waals surface area contributed by atoms with Crippen LogP contribution in [0.1, 0.15) is 52.0 Å². The fourth-order valence-corrected chi connectivity index (χ4v) is 4.35. The van der Waals surface area contributed by atoms with Gasteiger partial charge in [-0.3, -0.25) is 9.89 Å². The number of rotatable bonds is 5. The SMILES string of the molecule is COCCn1c(C)c(C)c2cc(C(=O)N3CCCC(c4n[nH]c(C)n4)C3)ccc21. The van der Waals surface area contributed by atoms with E-state index >= 15 is 0 Å². The second kappa shape index (κ2) is 7.99. The Kier molecular flexibility index (Phi) is 5.41. The number of likely N-dealkylation sites (tertiary alicyclic amines) is 1. The Morgan fingerprint density at radius 3 is 2.86 bits per heavy atom. The summed E-state index contributed by atoms with van der Waals surface area (Å²) in [5.41, 5.74) is 4.34. The number of benzene rings is 1. The molecule has 0 bridgehead atoms. The van der Waals surface area contributed by atoms with Crippen molar-refractivity contribution in [2.75, 3.05) is 26.8 Å².